The number of ether oxygens (including phenoxy) is 1. The maximum atomic E-state index is 13.8. The van der Waals surface area contributed by atoms with Crippen molar-refractivity contribution in [1.82, 2.24) is 15.5 Å². The fourth-order valence-electron chi connectivity index (χ4n) is 2.34. The molecule has 28 heavy (non-hydrogen) atoms. The van der Waals surface area contributed by atoms with Crippen molar-refractivity contribution < 1.29 is 13.9 Å². The monoisotopic (exact) mass is 386 g/mol. The Balaban J connectivity index is 1.97. The summed E-state index contributed by atoms with van der Waals surface area (Å²) >= 11 is 0. The third kappa shape index (κ3) is 6.90. The molecule has 7 heteroatoms. The van der Waals surface area contributed by atoms with E-state index in [4.69, 9.17) is 4.74 Å². The van der Waals surface area contributed by atoms with Crippen LogP contribution in [-0.4, -0.2) is 44.0 Å². The Labute approximate surface area is 165 Å². The number of carbonyl (C=O) groups excluding carboxylic acids is 1. The van der Waals surface area contributed by atoms with E-state index in [0.29, 0.717) is 36.9 Å². The summed E-state index contributed by atoms with van der Waals surface area (Å²) in [5.74, 6) is 0.866. The van der Waals surface area contributed by atoms with Crippen LogP contribution in [0.3, 0.4) is 0 Å². The molecule has 0 saturated heterocycles. The molecule has 6 nitrogen and oxygen atoms in total. The number of hydrogen-bond donors (Lipinski definition) is 2. The van der Waals surface area contributed by atoms with Crippen molar-refractivity contribution in [2.24, 2.45) is 4.99 Å². The molecule has 0 radical (unpaired) electrons. The molecule has 2 aromatic carbocycles. The molecular formula is C21H27FN4O2. The smallest absolute Gasteiger partial charge is 0.259 e. The van der Waals surface area contributed by atoms with Crippen molar-refractivity contribution in [3.05, 3.63) is 65.5 Å². The molecule has 2 aromatic rings. The van der Waals surface area contributed by atoms with E-state index < -0.39 is 0 Å². The molecule has 0 spiro atoms. The standard InChI is InChI=1S/C21H27FN4O2/c1-4-23-21(25-14-17-9-5-6-11-19(17)22)24-13-16-8-7-10-18(12-16)28-15-20(27)26(2)3/h5-12H,4,13-15H2,1-3H3,(H2,23,24,25). The fraction of sp³-hybridized carbons (Fsp3) is 0.333. The Hall–Kier alpha value is -3.09. The number of nitrogens with one attached hydrogen (secondary N) is 2. The molecule has 0 aliphatic rings. The second-order valence-corrected chi connectivity index (χ2v) is 6.36. The summed E-state index contributed by atoms with van der Waals surface area (Å²) in [6.45, 7) is 3.42. The van der Waals surface area contributed by atoms with Crippen LogP contribution in [0.25, 0.3) is 0 Å². The highest BCUT2D eigenvalue weighted by Gasteiger charge is 2.06. The molecule has 0 fully saturated rings. The van der Waals surface area contributed by atoms with Crippen LogP contribution in [0.15, 0.2) is 53.5 Å². The average molecular weight is 386 g/mol. The first-order chi connectivity index (χ1) is 13.5. The Morgan fingerprint density at radius 1 is 1.14 bits per heavy atom. The van der Waals surface area contributed by atoms with Crippen molar-refractivity contribution in [1.29, 1.82) is 0 Å². The van der Waals surface area contributed by atoms with Crippen molar-refractivity contribution >= 4 is 11.9 Å². The zero-order valence-corrected chi connectivity index (χ0v) is 16.5. The number of benzene rings is 2. The van der Waals surface area contributed by atoms with Crippen molar-refractivity contribution in [2.75, 3.05) is 27.2 Å². The van der Waals surface area contributed by atoms with Gasteiger partial charge in [-0.3, -0.25) is 4.79 Å². The second kappa shape index (κ2) is 10.9. The Morgan fingerprint density at radius 2 is 1.93 bits per heavy atom. The van der Waals surface area contributed by atoms with Crippen molar-refractivity contribution in [2.45, 2.75) is 20.0 Å². The summed E-state index contributed by atoms with van der Waals surface area (Å²) in [5, 5.41) is 6.28. The van der Waals surface area contributed by atoms with Gasteiger partial charge in [-0.05, 0) is 30.7 Å². The summed E-state index contributed by atoms with van der Waals surface area (Å²) in [7, 11) is 3.38. The lowest BCUT2D eigenvalue weighted by Gasteiger charge is -2.13. The summed E-state index contributed by atoms with van der Waals surface area (Å²) in [6.07, 6.45) is 0. The number of halogens is 1. The molecule has 0 aliphatic carbocycles. The number of hydrogen-bond acceptors (Lipinski definition) is 3. The minimum absolute atomic E-state index is 0.00738. The van der Waals surface area contributed by atoms with E-state index in [1.807, 2.05) is 25.1 Å². The molecule has 0 unspecified atom stereocenters. The number of carbonyl (C=O) groups is 1. The molecule has 0 bridgehead atoms. The van der Waals surface area contributed by atoms with Crippen LogP contribution in [0.2, 0.25) is 0 Å². The average Bonchev–Trinajstić information content (AvgIpc) is 2.69. The van der Waals surface area contributed by atoms with Crippen LogP contribution in [0, 0.1) is 5.82 Å². The van der Waals surface area contributed by atoms with Gasteiger partial charge in [-0.15, -0.1) is 0 Å². The fourth-order valence-corrected chi connectivity index (χ4v) is 2.34. The SMILES string of the molecule is CCNC(=NCc1cccc(OCC(=O)N(C)C)c1)NCc1ccccc1F. The lowest BCUT2D eigenvalue weighted by Crippen LogP contribution is -2.37. The van der Waals surface area contributed by atoms with E-state index >= 15 is 0 Å². The molecule has 1 amide bonds. The van der Waals surface area contributed by atoms with E-state index in [1.54, 1.807) is 38.4 Å². The normalized spacial score (nSPS) is 11.1. The van der Waals surface area contributed by atoms with Crippen LogP contribution in [0.1, 0.15) is 18.1 Å². The van der Waals surface area contributed by atoms with Gasteiger partial charge in [0.2, 0.25) is 0 Å². The number of likely N-dealkylation sites (N-methyl/N-ethyl adjacent to an activating group) is 1. The van der Waals surface area contributed by atoms with Gasteiger partial charge in [-0.25, -0.2) is 9.38 Å². The molecule has 0 heterocycles. The summed E-state index contributed by atoms with van der Waals surface area (Å²) in [6, 6.07) is 14.1. The van der Waals surface area contributed by atoms with Gasteiger partial charge >= 0.3 is 0 Å². The van der Waals surface area contributed by atoms with Gasteiger partial charge in [0, 0.05) is 32.7 Å². The molecule has 0 atom stereocenters. The zero-order chi connectivity index (χ0) is 20.4. The first kappa shape index (κ1) is 21.2. The molecule has 0 aliphatic heterocycles. The summed E-state index contributed by atoms with van der Waals surface area (Å²) in [5.41, 5.74) is 1.52. The molecule has 2 N–H and O–H groups in total. The van der Waals surface area contributed by atoms with Crippen LogP contribution < -0.4 is 15.4 Å². The van der Waals surface area contributed by atoms with Crippen LogP contribution >= 0.6 is 0 Å². The van der Waals surface area contributed by atoms with Crippen LogP contribution in [0.5, 0.6) is 5.75 Å². The number of guanidine groups is 1. The minimum Gasteiger partial charge on any atom is -0.484 e. The number of rotatable bonds is 8. The summed E-state index contributed by atoms with van der Waals surface area (Å²) in [4.78, 5) is 17.7. The van der Waals surface area contributed by atoms with E-state index in [0.717, 1.165) is 5.56 Å². The first-order valence-corrected chi connectivity index (χ1v) is 9.17. The second-order valence-electron chi connectivity index (χ2n) is 6.36. The van der Waals surface area contributed by atoms with Gasteiger partial charge in [0.1, 0.15) is 11.6 Å². The van der Waals surface area contributed by atoms with Gasteiger partial charge in [-0.2, -0.15) is 0 Å². The topological polar surface area (TPSA) is 66.0 Å². The van der Waals surface area contributed by atoms with Gasteiger partial charge < -0.3 is 20.3 Å². The van der Waals surface area contributed by atoms with Gasteiger partial charge in [-0.1, -0.05) is 30.3 Å². The predicted molar refractivity (Wildman–Crippen MR) is 109 cm³/mol. The van der Waals surface area contributed by atoms with Gasteiger partial charge in [0.25, 0.3) is 5.91 Å². The first-order valence-electron chi connectivity index (χ1n) is 9.17. The largest absolute Gasteiger partial charge is 0.484 e. The number of amides is 1. The minimum atomic E-state index is -0.247. The lowest BCUT2D eigenvalue weighted by atomic mass is 10.2. The third-order valence-corrected chi connectivity index (χ3v) is 3.93. The lowest BCUT2D eigenvalue weighted by molar-refractivity contribution is -0.130. The van der Waals surface area contributed by atoms with Gasteiger partial charge in [0.05, 0.1) is 6.54 Å². The molecule has 150 valence electrons. The third-order valence-electron chi connectivity index (χ3n) is 3.93. The van der Waals surface area contributed by atoms with Crippen LogP contribution in [-0.2, 0) is 17.9 Å². The molecule has 2 rings (SSSR count). The Kier molecular flexibility index (Phi) is 8.27. The van der Waals surface area contributed by atoms with Crippen molar-refractivity contribution in [3.8, 4) is 5.75 Å². The van der Waals surface area contributed by atoms with Crippen LogP contribution in [0.4, 0.5) is 4.39 Å². The Morgan fingerprint density at radius 3 is 2.64 bits per heavy atom. The summed E-state index contributed by atoms with van der Waals surface area (Å²) < 4.78 is 19.3. The molecular weight excluding hydrogens is 359 g/mol. The highest BCUT2D eigenvalue weighted by molar-refractivity contribution is 5.79. The molecule has 0 saturated carbocycles. The van der Waals surface area contributed by atoms with Crippen molar-refractivity contribution in [3.63, 3.8) is 0 Å². The van der Waals surface area contributed by atoms with E-state index in [1.165, 1.54) is 11.0 Å². The highest BCUT2D eigenvalue weighted by atomic mass is 19.1. The quantitative estimate of drug-likeness (QED) is 0.541. The van der Waals surface area contributed by atoms with E-state index in [9.17, 15) is 9.18 Å². The Bertz CT molecular complexity index is 808. The van der Waals surface area contributed by atoms with E-state index in [2.05, 4.69) is 15.6 Å². The van der Waals surface area contributed by atoms with Gasteiger partial charge in [0.15, 0.2) is 12.6 Å². The zero-order valence-electron chi connectivity index (χ0n) is 16.5. The number of nitrogens with zero attached hydrogens (tertiary/aromatic N) is 2. The van der Waals surface area contributed by atoms with E-state index in [-0.39, 0.29) is 18.3 Å². The number of aliphatic imine (C=N–C) groups is 1. The predicted octanol–water partition coefficient (Wildman–Crippen LogP) is 2.55. The molecule has 0 aromatic heterocycles. The maximum absolute atomic E-state index is 13.8. The highest BCUT2D eigenvalue weighted by Crippen LogP contribution is 2.14. The maximum Gasteiger partial charge on any atom is 0.259 e.